The summed E-state index contributed by atoms with van der Waals surface area (Å²) in [5.74, 6) is 0. The quantitative estimate of drug-likeness (QED) is 0.769. The van der Waals surface area contributed by atoms with E-state index in [0.29, 0.717) is 18.0 Å². The molecule has 0 bridgehead atoms. The Balaban J connectivity index is 2.19. The van der Waals surface area contributed by atoms with Crippen LogP contribution in [0, 0.1) is 11.3 Å². The standard InChI is InChI=1S/C17H17ClN2O2S/c18-16-7-9-17(10-8-16)23(21,22)20(13-4-12-19)14-11-15-5-2-1-3-6-15/h1-3,5-10H,4,11,13-14H2. The van der Waals surface area contributed by atoms with Gasteiger partial charge in [0.15, 0.2) is 0 Å². The number of halogens is 1. The fraction of sp³-hybridized carbons (Fsp3) is 0.235. The summed E-state index contributed by atoms with van der Waals surface area (Å²) in [5.41, 5.74) is 1.06. The third-order valence-electron chi connectivity index (χ3n) is 3.42. The first-order chi connectivity index (χ1) is 11.0. The maximum absolute atomic E-state index is 12.7. The van der Waals surface area contributed by atoms with E-state index < -0.39 is 10.0 Å². The molecule has 2 rings (SSSR count). The first kappa shape index (κ1) is 17.5. The molecular formula is C17H17ClN2O2S. The van der Waals surface area contributed by atoms with Crippen molar-refractivity contribution in [2.24, 2.45) is 0 Å². The van der Waals surface area contributed by atoms with Gasteiger partial charge in [-0.2, -0.15) is 9.57 Å². The average molecular weight is 349 g/mol. The van der Waals surface area contributed by atoms with Crippen LogP contribution in [-0.2, 0) is 16.4 Å². The molecule has 0 atom stereocenters. The van der Waals surface area contributed by atoms with Gasteiger partial charge in [-0.1, -0.05) is 41.9 Å². The predicted molar refractivity (Wildman–Crippen MR) is 90.6 cm³/mol. The molecule has 0 aliphatic heterocycles. The van der Waals surface area contributed by atoms with Gasteiger partial charge >= 0.3 is 0 Å². The lowest BCUT2D eigenvalue weighted by Crippen LogP contribution is -2.33. The summed E-state index contributed by atoms with van der Waals surface area (Å²) in [4.78, 5) is 0.188. The van der Waals surface area contributed by atoms with Gasteiger partial charge in [0.2, 0.25) is 10.0 Å². The topological polar surface area (TPSA) is 61.2 Å². The number of nitriles is 1. The van der Waals surface area contributed by atoms with Gasteiger partial charge < -0.3 is 0 Å². The fourth-order valence-electron chi connectivity index (χ4n) is 2.18. The Morgan fingerprint density at radius 3 is 2.26 bits per heavy atom. The minimum absolute atomic E-state index is 0.154. The molecule has 2 aromatic carbocycles. The number of nitrogens with zero attached hydrogens (tertiary/aromatic N) is 2. The van der Waals surface area contributed by atoms with E-state index in [1.54, 1.807) is 12.1 Å². The van der Waals surface area contributed by atoms with Crippen LogP contribution in [0.25, 0.3) is 0 Å². The monoisotopic (exact) mass is 348 g/mol. The van der Waals surface area contributed by atoms with Crippen molar-refractivity contribution in [3.63, 3.8) is 0 Å². The molecule has 0 aliphatic rings. The summed E-state index contributed by atoms with van der Waals surface area (Å²) in [6, 6.07) is 17.7. The van der Waals surface area contributed by atoms with Crippen LogP contribution in [0.2, 0.25) is 5.02 Å². The first-order valence-electron chi connectivity index (χ1n) is 7.20. The van der Waals surface area contributed by atoms with Crippen LogP contribution in [0.3, 0.4) is 0 Å². The average Bonchev–Trinajstić information content (AvgIpc) is 2.56. The number of benzene rings is 2. The molecule has 0 aromatic heterocycles. The second-order valence-electron chi connectivity index (χ2n) is 5.00. The van der Waals surface area contributed by atoms with Gasteiger partial charge in [-0.05, 0) is 36.2 Å². The molecule has 23 heavy (non-hydrogen) atoms. The van der Waals surface area contributed by atoms with Gasteiger partial charge in [-0.15, -0.1) is 0 Å². The fourth-order valence-corrected chi connectivity index (χ4v) is 3.75. The van der Waals surface area contributed by atoms with Crippen molar-refractivity contribution in [1.82, 2.24) is 4.31 Å². The smallest absolute Gasteiger partial charge is 0.207 e. The highest BCUT2D eigenvalue weighted by atomic mass is 35.5. The molecule has 0 amide bonds. The van der Waals surface area contributed by atoms with E-state index in [2.05, 4.69) is 0 Å². The Morgan fingerprint density at radius 2 is 1.65 bits per heavy atom. The van der Waals surface area contributed by atoms with Gasteiger partial charge in [-0.3, -0.25) is 0 Å². The van der Waals surface area contributed by atoms with E-state index >= 15 is 0 Å². The number of hydrogen-bond donors (Lipinski definition) is 0. The zero-order valence-electron chi connectivity index (χ0n) is 12.5. The van der Waals surface area contributed by atoms with E-state index in [9.17, 15) is 8.42 Å². The molecule has 0 N–H and O–H groups in total. The van der Waals surface area contributed by atoms with Crippen LogP contribution in [-0.4, -0.2) is 25.8 Å². The van der Waals surface area contributed by atoms with Crippen LogP contribution in [0.5, 0.6) is 0 Å². The highest BCUT2D eigenvalue weighted by Gasteiger charge is 2.23. The Hall–Kier alpha value is -1.87. The van der Waals surface area contributed by atoms with Crippen molar-refractivity contribution < 1.29 is 8.42 Å². The summed E-state index contributed by atoms with van der Waals surface area (Å²) >= 11 is 5.81. The maximum atomic E-state index is 12.7. The summed E-state index contributed by atoms with van der Waals surface area (Å²) in [7, 11) is -3.64. The minimum Gasteiger partial charge on any atom is -0.207 e. The van der Waals surface area contributed by atoms with Gasteiger partial charge in [0.25, 0.3) is 0 Å². The number of rotatable bonds is 7. The second kappa shape index (κ2) is 8.11. The van der Waals surface area contributed by atoms with Crippen molar-refractivity contribution in [3.05, 3.63) is 65.2 Å². The molecule has 0 spiro atoms. The molecule has 0 unspecified atom stereocenters. The largest absolute Gasteiger partial charge is 0.243 e. The van der Waals surface area contributed by atoms with E-state index in [0.717, 1.165) is 5.56 Å². The Morgan fingerprint density at radius 1 is 1.00 bits per heavy atom. The number of sulfonamides is 1. The van der Waals surface area contributed by atoms with Crippen molar-refractivity contribution in [3.8, 4) is 6.07 Å². The van der Waals surface area contributed by atoms with Crippen LogP contribution in [0.4, 0.5) is 0 Å². The third-order valence-corrected chi connectivity index (χ3v) is 5.58. The van der Waals surface area contributed by atoms with Crippen LogP contribution in [0.1, 0.15) is 12.0 Å². The Kier molecular flexibility index (Phi) is 6.17. The second-order valence-corrected chi connectivity index (χ2v) is 7.38. The summed E-state index contributed by atoms with van der Waals surface area (Å²) in [5, 5.41) is 9.27. The molecule has 6 heteroatoms. The third kappa shape index (κ3) is 4.80. The lowest BCUT2D eigenvalue weighted by atomic mass is 10.1. The maximum Gasteiger partial charge on any atom is 0.243 e. The first-order valence-corrected chi connectivity index (χ1v) is 9.02. The summed E-state index contributed by atoms with van der Waals surface area (Å²) in [6.45, 7) is 0.505. The van der Waals surface area contributed by atoms with Gasteiger partial charge in [0.05, 0.1) is 11.0 Å². The molecule has 0 aliphatic carbocycles. The van der Waals surface area contributed by atoms with E-state index in [1.807, 2.05) is 36.4 Å². The molecule has 0 heterocycles. The van der Waals surface area contributed by atoms with Crippen molar-refractivity contribution in [2.45, 2.75) is 17.7 Å². The summed E-state index contributed by atoms with van der Waals surface area (Å²) < 4.78 is 26.8. The summed E-state index contributed by atoms with van der Waals surface area (Å²) in [6.07, 6.45) is 0.751. The van der Waals surface area contributed by atoms with Crippen molar-refractivity contribution in [2.75, 3.05) is 13.1 Å². The lowest BCUT2D eigenvalue weighted by molar-refractivity contribution is 0.421. The normalized spacial score (nSPS) is 11.3. The molecule has 2 aromatic rings. The van der Waals surface area contributed by atoms with Gasteiger partial charge in [0, 0.05) is 24.5 Å². The number of hydrogen-bond acceptors (Lipinski definition) is 3. The minimum atomic E-state index is -3.64. The van der Waals surface area contributed by atoms with Crippen LogP contribution in [0.15, 0.2) is 59.5 Å². The van der Waals surface area contributed by atoms with Crippen LogP contribution >= 0.6 is 11.6 Å². The molecular weight excluding hydrogens is 332 g/mol. The molecule has 0 fully saturated rings. The van der Waals surface area contributed by atoms with Gasteiger partial charge in [0.1, 0.15) is 0 Å². The highest BCUT2D eigenvalue weighted by molar-refractivity contribution is 7.89. The van der Waals surface area contributed by atoms with Crippen LogP contribution < -0.4 is 0 Å². The van der Waals surface area contributed by atoms with E-state index in [4.69, 9.17) is 16.9 Å². The zero-order valence-corrected chi connectivity index (χ0v) is 14.1. The van der Waals surface area contributed by atoms with Crippen molar-refractivity contribution in [1.29, 1.82) is 5.26 Å². The van der Waals surface area contributed by atoms with Crippen molar-refractivity contribution >= 4 is 21.6 Å². The predicted octanol–water partition coefficient (Wildman–Crippen LogP) is 3.49. The van der Waals surface area contributed by atoms with E-state index in [-0.39, 0.29) is 17.9 Å². The Labute approximate surface area is 142 Å². The molecule has 0 radical (unpaired) electrons. The van der Waals surface area contributed by atoms with Gasteiger partial charge in [-0.25, -0.2) is 8.42 Å². The molecule has 0 saturated heterocycles. The lowest BCUT2D eigenvalue weighted by Gasteiger charge is -2.21. The zero-order chi connectivity index (χ0) is 16.7. The highest BCUT2D eigenvalue weighted by Crippen LogP contribution is 2.19. The Bertz CT molecular complexity index is 768. The molecule has 120 valence electrons. The SMILES string of the molecule is N#CCCN(CCc1ccccc1)S(=O)(=O)c1ccc(Cl)cc1. The van der Waals surface area contributed by atoms with E-state index in [1.165, 1.54) is 16.4 Å². The molecule has 0 saturated carbocycles. The molecule has 4 nitrogen and oxygen atoms in total.